The molecule has 1 fully saturated rings. The van der Waals surface area contributed by atoms with Crippen LogP contribution in [0.4, 0.5) is 11.4 Å². The highest BCUT2D eigenvalue weighted by atomic mass is 16.5. The first-order valence-electron chi connectivity index (χ1n) is 9.31. The lowest BCUT2D eigenvalue weighted by atomic mass is 10.0. The first-order chi connectivity index (χ1) is 13.0. The van der Waals surface area contributed by atoms with Crippen molar-refractivity contribution in [2.24, 2.45) is 0 Å². The summed E-state index contributed by atoms with van der Waals surface area (Å²) in [6.07, 6.45) is 2.62. The van der Waals surface area contributed by atoms with E-state index in [0.717, 1.165) is 24.3 Å². The number of nitrogens with zero attached hydrogens (tertiary/aromatic N) is 1. The highest BCUT2D eigenvalue weighted by Gasteiger charge is 2.15. The van der Waals surface area contributed by atoms with Gasteiger partial charge in [-0.2, -0.15) is 0 Å². The Morgan fingerprint density at radius 1 is 1.11 bits per heavy atom. The average Bonchev–Trinajstić information content (AvgIpc) is 3.18. The molecule has 5 nitrogen and oxygen atoms in total. The zero-order chi connectivity index (χ0) is 19.4. The summed E-state index contributed by atoms with van der Waals surface area (Å²) in [5.74, 6) is 0.440. The molecular weight excluding hydrogens is 340 g/mol. The number of anilines is 2. The summed E-state index contributed by atoms with van der Waals surface area (Å²) in [4.78, 5) is 26.5. The number of aryl methyl sites for hydroxylation is 1. The van der Waals surface area contributed by atoms with Gasteiger partial charge in [-0.1, -0.05) is 0 Å². The highest BCUT2D eigenvalue weighted by molar-refractivity contribution is 5.96. The normalized spacial score (nSPS) is 13.5. The number of ketones is 1. The molecular formula is C22H26N2O3. The van der Waals surface area contributed by atoms with Gasteiger partial charge >= 0.3 is 0 Å². The van der Waals surface area contributed by atoms with Crippen LogP contribution < -0.4 is 15.0 Å². The summed E-state index contributed by atoms with van der Waals surface area (Å²) in [7, 11) is 1.56. The van der Waals surface area contributed by atoms with Crippen molar-refractivity contribution in [3.8, 4) is 5.75 Å². The molecule has 1 N–H and O–H groups in total. The van der Waals surface area contributed by atoms with Crippen molar-refractivity contribution in [1.82, 2.24) is 0 Å². The number of ether oxygens (including phenoxy) is 1. The van der Waals surface area contributed by atoms with Gasteiger partial charge in [-0.15, -0.1) is 0 Å². The molecule has 0 unspecified atom stereocenters. The van der Waals surface area contributed by atoms with Crippen molar-refractivity contribution in [3.05, 3.63) is 53.1 Å². The van der Waals surface area contributed by atoms with Crippen LogP contribution in [0.5, 0.6) is 5.75 Å². The van der Waals surface area contributed by atoms with Crippen LogP contribution in [0.15, 0.2) is 36.4 Å². The van der Waals surface area contributed by atoms with Gasteiger partial charge in [0.05, 0.1) is 13.5 Å². The van der Waals surface area contributed by atoms with E-state index in [0.29, 0.717) is 16.9 Å². The van der Waals surface area contributed by atoms with Crippen molar-refractivity contribution in [1.29, 1.82) is 0 Å². The van der Waals surface area contributed by atoms with Gasteiger partial charge in [-0.3, -0.25) is 9.59 Å². The number of amides is 1. The number of carbonyl (C=O) groups excluding carboxylic acids is 2. The molecule has 2 aromatic carbocycles. The SMILES string of the molecule is COc1ccc(C(C)=O)cc1CC(=O)Nc1ccc(N2CCCC2)cc1C. The molecule has 1 aliphatic heterocycles. The van der Waals surface area contributed by atoms with Crippen LogP contribution in [0.25, 0.3) is 0 Å². The second-order valence-corrected chi connectivity index (χ2v) is 7.00. The summed E-state index contributed by atoms with van der Waals surface area (Å²) >= 11 is 0. The van der Waals surface area contributed by atoms with Gasteiger partial charge < -0.3 is 15.0 Å². The van der Waals surface area contributed by atoms with Crippen LogP contribution in [0, 0.1) is 6.92 Å². The molecule has 27 heavy (non-hydrogen) atoms. The van der Waals surface area contributed by atoms with E-state index >= 15 is 0 Å². The molecule has 142 valence electrons. The number of rotatable bonds is 6. The Balaban J connectivity index is 1.72. The van der Waals surface area contributed by atoms with Crippen molar-refractivity contribution in [3.63, 3.8) is 0 Å². The van der Waals surface area contributed by atoms with Gasteiger partial charge in [0.1, 0.15) is 5.75 Å². The molecule has 0 saturated carbocycles. The molecule has 1 saturated heterocycles. The maximum absolute atomic E-state index is 12.6. The van der Waals surface area contributed by atoms with Gasteiger partial charge in [-0.05, 0) is 68.7 Å². The smallest absolute Gasteiger partial charge is 0.228 e. The fraction of sp³-hybridized carbons (Fsp3) is 0.364. The van der Waals surface area contributed by atoms with E-state index in [1.807, 2.05) is 13.0 Å². The standard InChI is InChI=1S/C22H26N2O3/c1-15-12-19(24-10-4-5-11-24)7-8-20(15)23-22(26)14-18-13-17(16(2)25)6-9-21(18)27-3/h6-9,12-13H,4-5,10-11,14H2,1-3H3,(H,23,26). The van der Waals surface area contributed by atoms with Gasteiger partial charge in [0, 0.05) is 35.6 Å². The zero-order valence-corrected chi connectivity index (χ0v) is 16.2. The van der Waals surface area contributed by atoms with E-state index in [9.17, 15) is 9.59 Å². The van der Waals surface area contributed by atoms with Crippen LogP contribution in [-0.2, 0) is 11.2 Å². The first-order valence-corrected chi connectivity index (χ1v) is 9.31. The maximum atomic E-state index is 12.6. The van der Waals surface area contributed by atoms with Crippen LogP contribution in [-0.4, -0.2) is 31.9 Å². The second kappa shape index (κ2) is 8.25. The summed E-state index contributed by atoms with van der Waals surface area (Å²) in [5.41, 5.74) is 4.33. The predicted octanol–water partition coefficient (Wildman–Crippen LogP) is 3.99. The van der Waals surface area contributed by atoms with Gasteiger partial charge in [0.25, 0.3) is 0 Å². The minimum absolute atomic E-state index is 0.0346. The minimum Gasteiger partial charge on any atom is -0.496 e. The second-order valence-electron chi connectivity index (χ2n) is 7.00. The van der Waals surface area contributed by atoms with Crippen molar-refractivity contribution in [2.45, 2.75) is 33.1 Å². The Kier molecular flexibility index (Phi) is 5.79. The molecule has 5 heteroatoms. The molecule has 0 aliphatic carbocycles. The topological polar surface area (TPSA) is 58.6 Å². The van der Waals surface area contributed by atoms with Gasteiger partial charge in [0.15, 0.2) is 5.78 Å². The van der Waals surface area contributed by atoms with E-state index in [-0.39, 0.29) is 18.1 Å². The lowest BCUT2D eigenvalue weighted by molar-refractivity contribution is -0.115. The lowest BCUT2D eigenvalue weighted by Crippen LogP contribution is -2.19. The van der Waals surface area contributed by atoms with E-state index in [4.69, 9.17) is 4.74 Å². The highest BCUT2D eigenvalue weighted by Crippen LogP contribution is 2.26. The monoisotopic (exact) mass is 366 g/mol. The molecule has 1 aliphatic rings. The van der Waals surface area contributed by atoms with Crippen molar-refractivity contribution < 1.29 is 14.3 Å². The Morgan fingerprint density at radius 3 is 2.48 bits per heavy atom. The number of benzene rings is 2. The molecule has 1 amide bonds. The molecule has 1 heterocycles. The van der Waals surface area contributed by atoms with Crippen LogP contribution >= 0.6 is 0 Å². The Bertz CT molecular complexity index is 855. The Labute approximate surface area is 160 Å². The van der Waals surface area contributed by atoms with E-state index in [1.165, 1.54) is 25.5 Å². The number of hydrogen-bond acceptors (Lipinski definition) is 4. The minimum atomic E-state index is -0.133. The predicted molar refractivity (Wildman–Crippen MR) is 108 cm³/mol. The number of nitrogens with one attached hydrogen (secondary N) is 1. The summed E-state index contributed by atoms with van der Waals surface area (Å²) < 4.78 is 5.33. The van der Waals surface area contributed by atoms with E-state index < -0.39 is 0 Å². The molecule has 0 radical (unpaired) electrons. The summed E-state index contributed by atoms with van der Waals surface area (Å²) in [6, 6.07) is 11.3. The van der Waals surface area contributed by atoms with E-state index in [2.05, 4.69) is 22.3 Å². The van der Waals surface area contributed by atoms with Crippen LogP contribution in [0.3, 0.4) is 0 Å². The van der Waals surface area contributed by atoms with Crippen molar-refractivity contribution >= 4 is 23.1 Å². The largest absolute Gasteiger partial charge is 0.496 e. The average molecular weight is 366 g/mol. The molecule has 0 aromatic heterocycles. The fourth-order valence-electron chi connectivity index (χ4n) is 3.46. The van der Waals surface area contributed by atoms with Crippen LogP contribution in [0.1, 0.15) is 41.3 Å². The van der Waals surface area contributed by atoms with E-state index in [1.54, 1.807) is 25.3 Å². The summed E-state index contributed by atoms with van der Waals surface area (Å²) in [6.45, 7) is 5.71. The molecule has 0 bridgehead atoms. The third kappa shape index (κ3) is 4.48. The number of Topliss-reactive ketones (excluding diaryl/α,β-unsaturated/α-hetero) is 1. The Hall–Kier alpha value is -2.82. The molecule has 2 aromatic rings. The zero-order valence-electron chi connectivity index (χ0n) is 16.2. The van der Waals surface area contributed by atoms with Crippen LogP contribution in [0.2, 0.25) is 0 Å². The van der Waals surface area contributed by atoms with Gasteiger partial charge in [-0.25, -0.2) is 0 Å². The number of carbonyl (C=O) groups is 2. The third-order valence-electron chi connectivity index (χ3n) is 4.99. The molecule has 0 spiro atoms. The number of hydrogen-bond donors (Lipinski definition) is 1. The fourth-order valence-corrected chi connectivity index (χ4v) is 3.46. The lowest BCUT2D eigenvalue weighted by Gasteiger charge is -2.19. The van der Waals surface area contributed by atoms with Gasteiger partial charge in [0.2, 0.25) is 5.91 Å². The first kappa shape index (κ1) is 19.0. The molecule has 3 rings (SSSR count). The number of methoxy groups -OCH3 is 1. The summed E-state index contributed by atoms with van der Waals surface area (Å²) in [5, 5.41) is 2.98. The molecule has 0 atom stereocenters. The quantitative estimate of drug-likeness (QED) is 0.786. The maximum Gasteiger partial charge on any atom is 0.228 e. The Morgan fingerprint density at radius 2 is 1.85 bits per heavy atom. The third-order valence-corrected chi connectivity index (χ3v) is 4.99. The van der Waals surface area contributed by atoms with Crippen molar-refractivity contribution in [2.75, 3.05) is 30.4 Å².